The van der Waals surface area contributed by atoms with Crippen LogP contribution >= 0.6 is 22.9 Å². The Balaban J connectivity index is 1.90. The third kappa shape index (κ3) is 5.82. The molecule has 134 valence electrons. The number of aliphatic hydroxyl groups excluding tert-OH is 1. The molecule has 1 atom stereocenters. The van der Waals surface area contributed by atoms with Crippen LogP contribution in [0.25, 0.3) is 0 Å². The van der Waals surface area contributed by atoms with E-state index in [9.17, 15) is 9.59 Å². The second-order valence-corrected chi connectivity index (χ2v) is 6.61. The SMILES string of the molecule is Cc1ccc(NC(=O)C(=O)NC[C@H](OCCO)c2cccs2)cc1Cl. The Bertz CT molecular complexity index is 721. The van der Waals surface area contributed by atoms with Gasteiger partial charge in [0.1, 0.15) is 6.10 Å². The Hall–Kier alpha value is -1.93. The molecule has 0 aliphatic heterocycles. The van der Waals surface area contributed by atoms with Gasteiger partial charge in [-0.2, -0.15) is 0 Å². The van der Waals surface area contributed by atoms with E-state index in [1.165, 1.54) is 11.3 Å². The van der Waals surface area contributed by atoms with Crippen LogP contribution in [0.5, 0.6) is 0 Å². The van der Waals surface area contributed by atoms with Gasteiger partial charge in [-0.05, 0) is 36.1 Å². The van der Waals surface area contributed by atoms with Crippen LogP contribution < -0.4 is 10.6 Å². The number of aliphatic hydroxyl groups is 1. The Morgan fingerprint density at radius 3 is 2.76 bits per heavy atom. The molecule has 1 aromatic heterocycles. The second kappa shape index (κ2) is 9.53. The van der Waals surface area contributed by atoms with E-state index < -0.39 is 17.9 Å². The third-order valence-electron chi connectivity index (χ3n) is 3.35. The molecular formula is C17H19ClN2O4S. The smallest absolute Gasteiger partial charge is 0.313 e. The highest BCUT2D eigenvalue weighted by atomic mass is 35.5. The summed E-state index contributed by atoms with van der Waals surface area (Å²) in [6.07, 6.45) is -0.419. The number of hydrogen-bond donors (Lipinski definition) is 3. The van der Waals surface area contributed by atoms with Crippen molar-refractivity contribution in [3.05, 3.63) is 51.2 Å². The molecule has 2 rings (SSSR count). The van der Waals surface area contributed by atoms with Crippen molar-refractivity contribution in [1.29, 1.82) is 0 Å². The van der Waals surface area contributed by atoms with Crippen LogP contribution in [0.2, 0.25) is 5.02 Å². The molecule has 0 bridgehead atoms. The summed E-state index contributed by atoms with van der Waals surface area (Å²) in [6.45, 7) is 2.00. The minimum absolute atomic E-state index is 0.121. The Kier molecular flexibility index (Phi) is 7.39. The number of benzene rings is 1. The van der Waals surface area contributed by atoms with Gasteiger partial charge < -0.3 is 20.5 Å². The highest BCUT2D eigenvalue weighted by molar-refractivity contribution is 7.10. The summed E-state index contributed by atoms with van der Waals surface area (Å²) in [4.78, 5) is 24.9. The molecule has 0 saturated heterocycles. The second-order valence-electron chi connectivity index (χ2n) is 5.23. The zero-order chi connectivity index (χ0) is 18.2. The lowest BCUT2D eigenvalue weighted by Gasteiger charge is -2.16. The van der Waals surface area contributed by atoms with Gasteiger partial charge in [0.25, 0.3) is 0 Å². The maximum Gasteiger partial charge on any atom is 0.313 e. The molecule has 0 saturated carbocycles. The van der Waals surface area contributed by atoms with E-state index in [0.717, 1.165) is 10.4 Å². The maximum atomic E-state index is 12.0. The molecule has 0 radical (unpaired) electrons. The molecule has 0 aliphatic carbocycles. The van der Waals surface area contributed by atoms with Gasteiger partial charge in [0.15, 0.2) is 0 Å². The molecule has 1 aromatic carbocycles. The molecule has 0 spiro atoms. The minimum Gasteiger partial charge on any atom is -0.394 e. The van der Waals surface area contributed by atoms with E-state index in [1.54, 1.807) is 18.2 Å². The monoisotopic (exact) mass is 382 g/mol. The van der Waals surface area contributed by atoms with Gasteiger partial charge >= 0.3 is 11.8 Å². The molecule has 0 unspecified atom stereocenters. The number of rotatable bonds is 7. The number of anilines is 1. The van der Waals surface area contributed by atoms with Crippen molar-refractivity contribution in [3.8, 4) is 0 Å². The Morgan fingerprint density at radius 2 is 2.12 bits per heavy atom. The third-order valence-corrected chi connectivity index (χ3v) is 4.73. The van der Waals surface area contributed by atoms with E-state index in [1.807, 2.05) is 24.4 Å². The largest absolute Gasteiger partial charge is 0.394 e. The van der Waals surface area contributed by atoms with Crippen molar-refractivity contribution in [3.63, 3.8) is 0 Å². The average molecular weight is 383 g/mol. The molecule has 0 aliphatic rings. The fourth-order valence-electron chi connectivity index (χ4n) is 2.04. The van der Waals surface area contributed by atoms with E-state index in [4.69, 9.17) is 21.4 Å². The number of carbonyl (C=O) groups excluding carboxylic acids is 2. The molecule has 25 heavy (non-hydrogen) atoms. The maximum absolute atomic E-state index is 12.0. The Morgan fingerprint density at radius 1 is 1.32 bits per heavy atom. The molecule has 8 heteroatoms. The number of amides is 2. The molecule has 2 amide bonds. The van der Waals surface area contributed by atoms with E-state index in [2.05, 4.69) is 10.6 Å². The highest BCUT2D eigenvalue weighted by Crippen LogP contribution is 2.22. The van der Waals surface area contributed by atoms with E-state index >= 15 is 0 Å². The number of hydrogen-bond acceptors (Lipinski definition) is 5. The Labute approximate surface area is 154 Å². The molecule has 2 aromatic rings. The van der Waals surface area contributed by atoms with Gasteiger partial charge in [-0.1, -0.05) is 23.7 Å². The summed E-state index contributed by atoms with van der Waals surface area (Å²) in [5.74, 6) is -1.56. The lowest BCUT2D eigenvalue weighted by atomic mass is 10.2. The number of thiophene rings is 1. The van der Waals surface area contributed by atoms with Crippen LogP contribution in [0.4, 0.5) is 5.69 Å². The summed E-state index contributed by atoms with van der Waals surface area (Å²) in [6, 6.07) is 8.75. The first-order valence-corrected chi connectivity index (χ1v) is 8.88. The van der Waals surface area contributed by atoms with E-state index in [-0.39, 0.29) is 19.8 Å². The van der Waals surface area contributed by atoms with Gasteiger partial charge in [0.05, 0.1) is 13.2 Å². The normalized spacial score (nSPS) is 11.8. The lowest BCUT2D eigenvalue weighted by molar-refractivity contribution is -0.136. The molecule has 6 nitrogen and oxygen atoms in total. The van der Waals surface area contributed by atoms with Crippen molar-refractivity contribution >= 4 is 40.4 Å². The van der Waals surface area contributed by atoms with Crippen molar-refractivity contribution in [2.75, 3.05) is 25.1 Å². The van der Waals surface area contributed by atoms with Crippen LogP contribution in [0.3, 0.4) is 0 Å². The quantitative estimate of drug-likeness (QED) is 0.642. The fraction of sp³-hybridized carbons (Fsp3) is 0.294. The number of aryl methyl sites for hydroxylation is 1. The van der Waals surface area contributed by atoms with Crippen LogP contribution in [-0.2, 0) is 14.3 Å². The number of ether oxygens (including phenoxy) is 1. The molecule has 0 fully saturated rings. The minimum atomic E-state index is -0.785. The van der Waals surface area contributed by atoms with Gasteiger partial charge in [0, 0.05) is 22.1 Å². The summed E-state index contributed by atoms with van der Waals surface area (Å²) < 4.78 is 5.51. The van der Waals surface area contributed by atoms with E-state index in [0.29, 0.717) is 10.7 Å². The predicted octanol–water partition coefficient (Wildman–Crippen LogP) is 2.51. The van der Waals surface area contributed by atoms with Crippen molar-refractivity contribution < 1.29 is 19.4 Å². The molecule has 3 N–H and O–H groups in total. The number of nitrogens with one attached hydrogen (secondary N) is 2. The lowest BCUT2D eigenvalue weighted by Crippen LogP contribution is -2.38. The molecular weight excluding hydrogens is 364 g/mol. The summed E-state index contributed by atoms with van der Waals surface area (Å²) in [7, 11) is 0. The highest BCUT2D eigenvalue weighted by Gasteiger charge is 2.18. The van der Waals surface area contributed by atoms with Crippen LogP contribution in [0, 0.1) is 6.92 Å². The van der Waals surface area contributed by atoms with Gasteiger partial charge in [-0.15, -0.1) is 11.3 Å². The topological polar surface area (TPSA) is 87.7 Å². The van der Waals surface area contributed by atoms with Crippen LogP contribution in [0.15, 0.2) is 35.7 Å². The first-order chi connectivity index (χ1) is 12.0. The average Bonchev–Trinajstić information content (AvgIpc) is 3.12. The summed E-state index contributed by atoms with van der Waals surface area (Å²) in [5, 5.41) is 16.3. The fourth-order valence-corrected chi connectivity index (χ4v) is 2.99. The first-order valence-electron chi connectivity index (χ1n) is 7.62. The van der Waals surface area contributed by atoms with Gasteiger partial charge in [-0.3, -0.25) is 9.59 Å². The zero-order valence-corrected chi connectivity index (χ0v) is 15.2. The number of carbonyl (C=O) groups is 2. The van der Waals surface area contributed by atoms with Crippen molar-refractivity contribution in [2.24, 2.45) is 0 Å². The van der Waals surface area contributed by atoms with Gasteiger partial charge in [-0.25, -0.2) is 0 Å². The van der Waals surface area contributed by atoms with Gasteiger partial charge in [0.2, 0.25) is 0 Å². The van der Waals surface area contributed by atoms with Crippen LogP contribution in [-0.4, -0.2) is 36.7 Å². The predicted molar refractivity (Wildman–Crippen MR) is 97.9 cm³/mol. The van der Waals surface area contributed by atoms with Crippen molar-refractivity contribution in [1.82, 2.24) is 5.32 Å². The summed E-state index contributed by atoms with van der Waals surface area (Å²) >= 11 is 7.47. The van der Waals surface area contributed by atoms with Crippen molar-refractivity contribution in [2.45, 2.75) is 13.0 Å². The summed E-state index contributed by atoms with van der Waals surface area (Å²) in [5.41, 5.74) is 1.33. The first kappa shape index (κ1) is 19.4. The molecule has 1 heterocycles. The standard InChI is InChI=1S/C17H19ClN2O4S/c1-11-4-5-12(9-13(11)18)20-17(23)16(22)19-10-14(24-7-6-21)15-3-2-8-25-15/h2-5,8-9,14,21H,6-7,10H2,1H3,(H,19,22)(H,20,23)/t14-/m0/s1. The van der Waals surface area contributed by atoms with Crippen LogP contribution in [0.1, 0.15) is 16.5 Å². The zero-order valence-electron chi connectivity index (χ0n) is 13.6. The number of halogens is 1.